The molecule has 0 spiro atoms. The van der Waals surface area contributed by atoms with E-state index in [4.69, 9.17) is 5.26 Å². The number of benzene rings is 2. The van der Waals surface area contributed by atoms with Gasteiger partial charge in [-0.2, -0.15) is 5.26 Å². The topological polar surface area (TPSA) is 27.0 Å². The van der Waals surface area contributed by atoms with E-state index in [-0.39, 0.29) is 0 Å². The fraction of sp³-hybridized carbons (Fsp3) is 0.188. The quantitative estimate of drug-likeness (QED) is 0.798. The standard InChI is InChI=1S/C16H14N2/c17-10-13-6-8-16(9-7-13)18-11-15(12-18)14-4-2-1-3-5-14/h1-9,15H,11-12H2. The van der Waals surface area contributed by atoms with Gasteiger partial charge in [-0.25, -0.2) is 0 Å². The highest BCUT2D eigenvalue weighted by Crippen LogP contribution is 2.31. The Bertz CT molecular complexity index is 560. The normalized spacial score (nSPS) is 14.9. The number of anilines is 1. The van der Waals surface area contributed by atoms with Gasteiger partial charge in [0.25, 0.3) is 0 Å². The molecule has 2 heteroatoms. The fourth-order valence-corrected chi connectivity index (χ4v) is 2.37. The summed E-state index contributed by atoms with van der Waals surface area (Å²) >= 11 is 0. The minimum atomic E-state index is 0.641. The maximum Gasteiger partial charge on any atom is 0.0991 e. The summed E-state index contributed by atoms with van der Waals surface area (Å²) in [5.74, 6) is 0.641. The molecule has 0 atom stereocenters. The van der Waals surface area contributed by atoms with Crippen molar-refractivity contribution in [1.82, 2.24) is 0 Å². The second-order valence-electron chi connectivity index (χ2n) is 4.67. The van der Waals surface area contributed by atoms with Crippen LogP contribution in [0, 0.1) is 11.3 Å². The minimum Gasteiger partial charge on any atom is -0.370 e. The van der Waals surface area contributed by atoms with E-state index in [0.29, 0.717) is 5.92 Å². The first kappa shape index (κ1) is 10.9. The molecule has 0 saturated carbocycles. The van der Waals surface area contributed by atoms with Crippen LogP contribution in [0.5, 0.6) is 0 Å². The zero-order chi connectivity index (χ0) is 12.4. The van der Waals surface area contributed by atoms with Gasteiger partial charge in [0, 0.05) is 24.7 Å². The Morgan fingerprint density at radius 3 is 2.22 bits per heavy atom. The Balaban J connectivity index is 1.67. The summed E-state index contributed by atoms with van der Waals surface area (Å²) in [4.78, 5) is 2.35. The van der Waals surface area contributed by atoms with Crippen molar-refractivity contribution in [3.8, 4) is 6.07 Å². The van der Waals surface area contributed by atoms with Crippen LogP contribution in [0.3, 0.4) is 0 Å². The summed E-state index contributed by atoms with van der Waals surface area (Å²) in [6.07, 6.45) is 0. The van der Waals surface area contributed by atoms with Crippen molar-refractivity contribution < 1.29 is 0 Å². The molecule has 3 rings (SSSR count). The molecule has 0 aliphatic carbocycles. The van der Waals surface area contributed by atoms with Gasteiger partial charge in [0.15, 0.2) is 0 Å². The Hall–Kier alpha value is -2.27. The van der Waals surface area contributed by atoms with Crippen molar-refractivity contribution in [2.24, 2.45) is 0 Å². The Morgan fingerprint density at radius 2 is 1.61 bits per heavy atom. The minimum absolute atomic E-state index is 0.641. The van der Waals surface area contributed by atoms with Crippen molar-refractivity contribution in [2.75, 3.05) is 18.0 Å². The summed E-state index contributed by atoms with van der Waals surface area (Å²) in [7, 11) is 0. The van der Waals surface area contributed by atoms with Crippen molar-refractivity contribution in [2.45, 2.75) is 5.92 Å². The third kappa shape index (κ3) is 1.96. The number of nitriles is 1. The van der Waals surface area contributed by atoms with Gasteiger partial charge in [-0.15, -0.1) is 0 Å². The van der Waals surface area contributed by atoms with E-state index < -0.39 is 0 Å². The molecule has 0 radical (unpaired) electrons. The van der Waals surface area contributed by atoms with Crippen molar-refractivity contribution in [3.05, 3.63) is 65.7 Å². The van der Waals surface area contributed by atoms with Gasteiger partial charge in [0.1, 0.15) is 0 Å². The van der Waals surface area contributed by atoms with Crippen LogP contribution in [0.2, 0.25) is 0 Å². The lowest BCUT2D eigenvalue weighted by atomic mass is 9.91. The zero-order valence-corrected chi connectivity index (χ0v) is 10.1. The number of hydrogen-bond acceptors (Lipinski definition) is 2. The average Bonchev–Trinajstić information content (AvgIpc) is 2.39. The van der Waals surface area contributed by atoms with Gasteiger partial charge in [-0.1, -0.05) is 30.3 Å². The molecule has 88 valence electrons. The highest BCUT2D eigenvalue weighted by Gasteiger charge is 2.27. The SMILES string of the molecule is N#Cc1ccc(N2CC(c3ccccc3)C2)cc1. The number of nitrogens with zero attached hydrogens (tertiary/aromatic N) is 2. The maximum absolute atomic E-state index is 8.77. The molecule has 1 heterocycles. The van der Waals surface area contributed by atoms with E-state index in [1.54, 1.807) is 0 Å². The summed E-state index contributed by atoms with van der Waals surface area (Å²) in [5.41, 5.74) is 3.35. The smallest absolute Gasteiger partial charge is 0.0991 e. The predicted molar refractivity (Wildman–Crippen MR) is 72.6 cm³/mol. The van der Waals surface area contributed by atoms with E-state index in [1.165, 1.54) is 11.3 Å². The van der Waals surface area contributed by atoms with E-state index in [9.17, 15) is 0 Å². The summed E-state index contributed by atoms with van der Waals surface area (Å²) in [6, 6.07) is 20.6. The first-order valence-corrected chi connectivity index (χ1v) is 6.17. The van der Waals surface area contributed by atoms with Gasteiger partial charge in [0.05, 0.1) is 11.6 Å². The number of hydrogen-bond donors (Lipinski definition) is 0. The Morgan fingerprint density at radius 1 is 0.944 bits per heavy atom. The van der Waals surface area contributed by atoms with Gasteiger partial charge in [-0.3, -0.25) is 0 Å². The Kier molecular flexibility index (Phi) is 2.74. The highest BCUT2D eigenvalue weighted by atomic mass is 15.2. The molecule has 2 nitrogen and oxygen atoms in total. The van der Waals surface area contributed by atoms with Crippen molar-refractivity contribution in [1.29, 1.82) is 5.26 Å². The van der Waals surface area contributed by atoms with Crippen LogP contribution in [0.1, 0.15) is 17.0 Å². The molecule has 2 aromatic rings. The van der Waals surface area contributed by atoms with E-state index in [2.05, 4.69) is 41.3 Å². The highest BCUT2D eigenvalue weighted by molar-refractivity contribution is 5.53. The lowest BCUT2D eigenvalue weighted by Crippen LogP contribution is -2.44. The van der Waals surface area contributed by atoms with Crippen LogP contribution in [0.15, 0.2) is 54.6 Å². The summed E-state index contributed by atoms with van der Waals surface area (Å²) in [6.45, 7) is 2.13. The molecular formula is C16H14N2. The van der Waals surface area contributed by atoms with E-state index in [0.717, 1.165) is 18.7 Å². The van der Waals surface area contributed by atoms with Crippen LogP contribution in [-0.4, -0.2) is 13.1 Å². The maximum atomic E-state index is 8.77. The summed E-state index contributed by atoms with van der Waals surface area (Å²) in [5, 5.41) is 8.77. The monoisotopic (exact) mass is 234 g/mol. The van der Waals surface area contributed by atoms with Crippen LogP contribution in [0.4, 0.5) is 5.69 Å². The van der Waals surface area contributed by atoms with E-state index in [1.807, 2.05) is 24.3 Å². The van der Waals surface area contributed by atoms with Crippen LogP contribution >= 0.6 is 0 Å². The number of rotatable bonds is 2. The lowest BCUT2D eigenvalue weighted by molar-refractivity contribution is 0.525. The molecule has 1 aliphatic heterocycles. The second kappa shape index (κ2) is 4.54. The van der Waals surface area contributed by atoms with E-state index >= 15 is 0 Å². The second-order valence-corrected chi connectivity index (χ2v) is 4.67. The van der Waals surface area contributed by atoms with Gasteiger partial charge in [0.2, 0.25) is 0 Å². The fourth-order valence-electron chi connectivity index (χ4n) is 2.37. The van der Waals surface area contributed by atoms with Crippen LogP contribution in [0.25, 0.3) is 0 Å². The molecule has 1 saturated heterocycles. The third-order valence-corrected chi connectivity index (χ3v) is 3.51. The largest absolute Gasteiger partial charge is 0.370 e. The molecule has 2 aromatic carbocycles. The molecule has 0 aromatic heterocycles. The molecule has 0 unspecified atom stereocenters. The van der Waals surface area contributed by atoms with Gasteiger partial charge < -0.3 is 4.90 Å². The molecule has 0 N–H and O–H groups in total. The molecule has 0 bridgehead atoms. The lowest BCUT2D eigenvalue weighted by Gasteiger charge is -2.41. The molecule has 0 amide bonds. The summed E-state index contributed by atoms with van der Waals surface area (Å²) < 4.78 is 0. The van der Waals surface area contributed by atoms with Crippen molar-refractivity contribution >= 4 is 5.69 Å². The molecule has 1 fully saturated rings. The van der Waals surface area contributed by atoms with Crippen molar-refractivity contribution in [3.63, 3.8) is 0 Å². The molecule has 1 aliphatic rings. The average molecular weight is 234 g/mol. The third-order valence-electron chi connectivity index (χ3n) is 3.51. The zero-order valence-electron chi connectivity index (χ0n) is 10.1. The van der Waals surface area contributed by atoms with Gasteiger partial charge in [-0.05, 0) is 29.8 Å². The molecule has 18 heavy (non-hydrogen) atoms. The molecular weight excluding hydrogens is 220 g/mol. The predicted octanol–water partition coefficient (Wildman–Crippen LogP) is 3.16. The van der Waals surface area contributed by atoms with Crippen LogP contribution in [-0.2, 0) is 0 Å². The first-order valence-electron chi connectivity index (χ1n) is 6.17. The first-order chi connectivity index (χ1) is 8.86. The van der Waals surface area contributed by atoms with Crippen LogP contribution < -0.4 is 4.90 Å². The Labute approximate surface area is 107 Å². The van der Waals surface area contributed by atoms with Gasteiger partial charge >= 0.3 is 0 Å².